The van der Waals surface area contributed by atoms with Gasteiger partial charge < -0.3 is 10.1 Å². The van der Waals surface area contributed by atoms with Crippen molar-refractivity contribution in [1.29, 1.82) is 0 Å². The Balaban J connectivity index is 1.76. The maximum absolute atomic E-state index is 5.72. The van der Waals surface area contributed by atoms with E-state index in [0.29, 0.717) is 11.1 Å². The van der Waals surface area contributed by atoms with Crippen LogP contribution in [-0.2, 0) is 4.74 Å². The number of hydrogen-bond donors (Lipinski definition) is 1. The zero-order valence-corrected chi connectivity index (χ0v) is 9.40. The predicted octanol–water partition coefficient (Wildman–Crippen LogP) is 2.64. The van der Waals surface area contributed by atoms with E-state index in [4.69, 9.17) is 16.3 Å². The molecule has 0 radical (unpaired) electrons. The van der Waals surface area contributed by atoms with E-state index in [1.165, 1.54) is 0 Å². The number of halogens is 1. The molecule has 78 valence electrons. The maximum atomic E-state index is 5.72. The second-order valence-electron chi connectivity index (χ2n) is 3.41. The summed E-state index contributed by atoms with van der Waals surface area (Å²) in [4.78, 5) is 4.14. The van der Waals surface area contributed by atoms with Crippen molar-refractivity contribution in [2.24, 2.45) is 5.92 Å². The van der Waals surface area contributed by atoms with Crippen LogP contribution in [0.25, 0.3) is 0 Å². The van der Waals surface area contributed by atoms with Crippen molar-refractivity contribution in [3.63, 3.8) is 0 Å². The molecule has 3 nitrogen and oxygen atoms in total. The van der Waals surface area contributed by atoms with Crippen LogP contribution < -0.4 is 5.32 Å². The van der Waals surface area contributed by atoms with E-state index in [1.54, 1.807) is 11.3 Å². The number of anilines is 1. The summed E-state index contributed by atoms with van der Waals surface area (Å²) in [5, 5.41) is 6.64. The monoisotopic (exact) mass is 232 g/mol. The summed E-state index contributed by atoms with van der Waals surface area (Å²) in [5.74, 6) is 0.714. The van der Waals surface area contributed by atoms with E-state index in [0.717, 1.165) is 37.7 Å². The van der Waals surface area contributed by atoms with Crippen LogP contribution in [0.4, 0.5) is 5.13 Å². The minimum absolute atomic E-state index is 0.574. The molecule has 0 aliphatic carbocycles. The summed E-state index contributed by atoms with van der Waals surface area (Å²) in [6.45, 7) is 2.77. The third-order valence-electron chi connectivity index (χ3n) is 2.36. The Bertz CT molecular complexity index is 286. The van der Waals surface area contributed by atoms with Crippen molar-refractivity contribution in [2.45, 2.75) is 12.8 Å². The van der Waals surface area contributed by atoms with Crippen LogP contribution in [0, 0.1) is 5.92 Å². The highest BCUT2D eigenvalue weighted by Gasteiger charge is 2.13. The SMILES string of the molecule is Clc1csc(NCC2CCOCC2)n1. The van der Waals surface area contributed by atoms with Gasteiger partial charge in [0.25, 0.3) is 0 Å². The summed E-state index contributed by atoms with van der Waals surface area (Å²) < 4.78 is 5.29. The quantitative estimate of drug-likeness (QED) is 0.870. The van der Waals surface area contributed by atoms with Crippen LogP contribution in [0.1, 0.15) is 12.8 Å². The molecule has 1 fully saturated rings. The first-order chi connectivity index (χ1) is 6.84. The van der Waals surface area contributed by atoms with Crippen LogP contribution in [0.15, 0.2) is 5.38 Å². The van der Waals surface area contributed by atoms with Crippen molar-refractivity contribution >= 4 is 28.1 Å². The number of nitrogens with one attached hydrogen (secondary N) is 1. The van der Waals surface area contributed by atoms with Gasteiger partial charge in [0.1, 0.15) is 5.15 Å². The molecule has 1 saturated heterocycles. The first-order valence-electron chi connectivity index (χ1n) is 4.77. The van der Waals surface area contributed by atoms with Crippen LogP contribution in [0.2, 0.25) is 5.15 Å². The van der Waals surface area contributed by atoms with Gasteiger partial charge in [0.15, 0.2) is 5.13 Å². The van der Waals surface area contributed by atoms with Gasteiger partial charge in [0.2, 0.25) is 0 Å². The molecule has 1 aromatic heterocycles. The fraction of sp³-hybridized carbons (Fsp3) is 0.667. The Labute approximate surface area is 92.4 Å². The standard InChI is InChI=1S/C9H13ClN2OS/c10-8-6-14-9(12-8)11-5-7-1-3-13-4-2-7/h6-7H,1-5H2,(H,11,12). The lowest BCUT2D eigenvalue weighted by Gasteiger charge is -2.21. The van der Waals surface area contributed by atoms with Crippen molar-refractivity contribution in [3.8, 4) is 0 Å². The molecule has 0 saturated carbocycles. The number of nitrogens with zero attached hydrogens (tertiary/aromatic N) is 1. The zero-order chi connectivity index (χ0) is 9.80. The average molecular weight is 233 g/mol. The third kappa shape index (κ3) is 2.83. The number of hydrogen-bond acceptors (Lipinski definition) is 4. The summed E-state index contributed by atoms with van der Waals surface area (Å²) in [7, 11) is 0. The van der Waals surface area contributed by atoms with Gasteiger partial charge in [-0.05, 0) is 18.8 Å². The molecule has 0 amide bonds. The smallest absolute Gasteiger partial charge is 0.184 e. The van der Waals surface area contributed by atoms with Crippen molar-refractivity contribution < 1.29 is 4.74 Å². The van der Waals surface area contributed by atoms with Gasteiger partial charge in [-0.25, -0.2) is 4.98 Å². The Morgan fingerprint density at radius 3 is 3.00 bits per heavy atom. The van der Waals surface area contributed by atoms with Crippen LogP contribution in [0.5, 0.6) is 0 Å². The van der Waals surface area contributed by atoms with Crippen molar-refractivity contribution in [1.82, 2.24) is 4.98 Å². The minimum Gasteiger partial charge on any atom is -0.381 e. The van der Waals surface area contributed by atoms with Gasteiger partial charge in [-0.1, -0.05) is 11.6 Å². The first-order valence-corrected chi connectivity index (χ1v) is 6.03. The highest BCUT2D eigenvalue weighted by molar-refractivity contribution is 7.14. The summed E-state index contributed by atoms with van der Waals surface area (Å²) in [6.07, 6.45) is 2.29. The molecular formula is C9H13ClN2OS. The molecule has 1 aliphatic rings. The van der Waals surface area contributed by atoms with Gasteiger partial charge in [-0.15, -0.1) is 11.3 Å². The highest BCUT2D eigenvalue weighted by atomic mass is 35.5. The first kappa shape index (κ1) is 10.2. The summed E-state index contributed by atoms with van der Waals surface area (Å²) >= 11 is 7.27. The van der Waals surface area contributed by atoms with E-state index < -0.39 is 0 Å². The average Bonchev–Trinajstić information content (AvgIpc) is 2.63. The number of rotatable bonds is 3. The number of thiazole rings is 1. The molecule has 0 aromatic carbocycles. The van der Waals surface area contributed by atoms with Crippen molar-refractivity contribution in [3.05, 3.63) is 10.5 Å². The van der Waals surface area contributed by atoms with Crippen LogP contribution in [0.3, 0.4) is 0 Å². The molecule has 2 heterocycles. The Hall–Kier alpha value is -0.320. The van der Waals surface area contributed by atoms with Crippen LogP contribution in [-0.4, -0.2) is 24.7 Å². The normalized spacial score (nSPS) is 18.4. The topological polar surface area (TPSA) is 34.1 Å². The lowest BCUT2D eigenvalue weighted by atomic mass is 10.0. The van der Waals surface area contributed by atoms with E-state index in [1.807, 2.05) is 5.38 Å². The van der Waals surface area contributed by atoms with E-state index in [2.05, 4.69) is 10.3 Å². The number of aromatic nitrogens is 1. The van der Waals surface area contributed by atoms with E-state index in [-0.39, 0.29) is 0 Å². The third-order valence-corrected chi connectivity index (χ3v) is 3.48. The Morgan fingerprint density at radius 1 is 1.57 bits per heavy atom. The second-order valence-corrected chi connectivity index (χ2v) is 4.66. The number of ether oxygens (including phenoxy) is 1. The fourth-order valence-corrected chi connectivity index (χ4v) is 2.37. The van der Waals surface area contributed by atoms with Gasteiger partial charge in [0, 0.05) is 25.1 Å². The minimum atomic E-state index is 0.574. The zero-order valence-electron chi connectivity index (χ0n) is 7.83. The Kier molecular flexibility index (Phi) is 3.61. The fourth-order valence-electron chi connectivity index (χ4n) is 1.52. The van der Waals surface area contributed by atoms with Crippen LogP contribution >= 0.6 is 22.9 Å². The lowest BCUT2D eigenvalue weighted by molar-refractivity contribution is 0.0699. The molecule has 0 unspecified atom stereocenters. The van der Waals surface area contributed by atoms with Crippen molar-refractivity contribution in [2.75, 3.05) is 25.1 Å². The molecule has 14 heavy (non-hydrogen) atoms. The largest absolute Gasteiger partial charge is 0.381 e. The van der Waals surface area contributed by atoms with Gasteiger partial charge >= 0.3 is 0 Å². The molecule has 0 spiro atoms. The summed E-state index contributed by atoms with van der Waals surface area (Å²) in [5.41, 5.74) is 0. The van der Waals surface area contributed by atoms with Gasteiger partial charge in [-0.2, -0.15) is 0 Å². The molecule has 0 atom stereocenters. The van der Waals surface area contributed by atoms with Gasteiger partial charge in [-0.3, -0.25) is 0 Å². The molecule has 2 rings (SSSR count). The van der Waals surface area contributed by atoms with E-state index in [9.17, 15) is 0 Å². The molecule has 1 aromatic rings. The molecule has 0 bridgehead atoms. The molecule has 1 aliphatic heterocycles. The molecule has 5 heteroatoms. The lowest BCUT2D eigenvalue weighted by Crippen LogP contribution is -2.22. The second kappa shape index (κ2) is 4.96. The Morgan fingerprint density at radius 2 is 2.36 bits per heavy atom. The van der Waals surface area contributed by atoms with Gasteiger partial charge in [0.05, 0.1) is 0 Å². The molecule has 1 N–H and O–H groups in total. The maximum Gasteiger partial charge on any atom is 0.184 e. The summed E-state index contributed by atoms with van der Waals surface area (Å²) in [6, 6.07) is 0. The molecular weight excluding hydrogens is 220 g/mol. The highest BCUT2D eigenvalue weighted by Crippen LogP contribution is 2.21. The predicted molar refractivity (Wildman–Crippen MR) is 59.2 cm³/mol. The van der Waals surface area contributed by atoms with E-state index >= 15 is 0 Å².